The number of anilines is 1. The summed E-state index contributed by atoms with van der Waals surface area (Å²) in [7, 11) is 0. The van der Waals surface area contributed by atoms with Crippen molar-refractivity contribution in [3.05, 3.63) is 80.8 Å². The van der Waals surface area contributed by atoms with Crippen LogP contribution in [0.25, 0.3) is 22.9 Å². The van der Waals surface area contributed by atoms with E-state index in [-0.39, 0.29) is 5.56 Å². The summed E-state index contributed by atoms with van der Waals surface area (Å²) in [6.07, 6.45) is 1.68. The summed E-state index contributed by atoms with van der Waals surface area (Å²) in [6, 6.07) is 17.7. The van der Waals surface area contributed by atoms with Gasteiger partial charge in [0.05, 0.1) is 21.8 Å². The smallest absolute Gasteiger partial charge is 0.265 e. The van der Waals surface area contributed by atoms with Crippen molar-refractivity contribution in [1.82, 2.24) is 9.38 Å². The zero-order chi connectivity index (χ0) is 19.8. The van der Waals surface area contributed by atoms with Gasteiger partial charge in [-0.25, -0.2) is 4.98 Å². The minimum atomic E-state index is -0.188. The van der Waals surface area contributed by atoms with E-state index in [1.165, 1.54) is 9.96 Å². The van der Waals surface area contributed by atoms with Gasteiger partial charge >= 0.3 is 0 Å². The van der Waals surface area contributed by atoms with Gasteiger partial charge < -0.3 is 5.32 Å². The van der Waals surface area contributed by atoms with Crippen LogP contribution in [0, 0.1) is 18.3 Å². The van der Waals surface area contributed by atoms with E-state index in [4.69, 9.17) is 0 Å². The first-order valence-electron chi connectivity index (χ1n) is 9.22. The van der Waals surface area contributed by atoms with E-state index in [9.17, 15) is 10.1 Å². The first-order valence-corrected chi connectivity index (χ1v) is 9.22. The Balaban J connectivity index is 1.91. The number of aromatic nitrogens is 2. The van der Waals surface area contributed by atoms with Gasteiger partial charge in [-0.1, -0.05) is 38.1 Å². The maximum Gasteiger partial charge on any atom is 0.265 e. The molecule has 0 atom stereocenters. The van der Waals surface area contributed by atoms with E-state index in [2.05, 4.69) is 42.4 Å². The van der Waals surface area contributed by atoms with Gasteiger partial charge in [-0.15, -0.1) is 0 Å². The quantitative estimate of drug-likeness (QED) is 0.598. The van der Waals surface area contributed by atoms with Crippen molar-refractivity contribution in [3.8, 4) is 6.07 Å². The van der Waals surface area contributed by atoms with Crippen molar-refractivity contribution < 1.29 is 0 Å². The van der Waals surface area contributed by atoms with Crippen molar-refractivity contribution in [2.45, 2.75) is 26.7 Å². The molecule has 2 aromatic carbocycles. The monoisotopic (exact) mass is 368 g/mol. The second-order valence-electron chi connectivity index (χ2n) is 7.16. The van der Waals surface area contributed by atoms with Gasteiger partial charge in [0.2, 0.25) is 0 Å². The molecule has 0 radical (unpaired) electrons. The molecule has 138 valence electrons. The molecule has 0 amide bonds. The fourth-order valence-electron chi connectivity index (χ4n) is 3.41. The number of hydrogen-bond acceptors (Lipinski definition) is 4. The predicted molar refractivity (Wildman–Crippen MR) is 112 cm³/mol. The van der Waals surface area contributed by atoms with Crippen LogP contribution in [0.2, 0.25) is 0 Å². The van der Waals surface area contributed by atoms with E-state index >= 15 is 0 Å². The number of nitriles is 1. The molecule has 0 spiro atoms. The third-order valence-electron chi connectivity index (χ3n) is 5.07. The molecule has 4 aromatic rings. The molecule has 28 heavy (non-hydrogen) atoms. The highest BCUT2D eigenvalue weighted by atomic mass is 16.1. The largest absolute Gasteiger partial charge is 0.361 e. The molecule has 0 aliphatic rings. The van der Waals surface area contributed by atoms with E-state index in [0.717, 1.165) is 5.69 Å². The molecule has 5 nitrogen and oxygen atoms in total. The lowest BCUT2D eigenvalue weighted by molar-refractivity contribution is 0.867. The molecule has 0 aliphatic carbocycles. The topological polar surface area (TPSA) is 70.2 Å². The number of fused-ring (bicyclic) bond motifs is 3. The van der Waals surface area contributed by atoms with Crippen LogP contribution in [-0.4, -0.2) is 9.38 Å². The SMILES string of the molecule is Cc1c(C#N)c2nc3ccccc3n2c(=O)/c1=C/Nc1ccc(C(C)C)cc1. The van der Waals surface area contributed by atoms with Crippen molar-refractivity contribution >= 4 is 28.6 Å². The molecule has 0 bridgehead atoms. The zero-order valence-electron chi connectivity index (χ0n) is 16.0. The van der Waals surface area contributed by atoms with Crippen molar-refractivity contribution in [2.75, 3.05) is 5.32 Å². The first-order chi connectivity index (χ1) is 13.5. The highest BCUT2D eigenvalue weighted by molar-refractivity contribution is 5.82. The molecule has 2 aromatic heterocycles. The lowest BCUT2D eigenvalue weighted by atomic mass is 10.0. The predicted octanol–water partition coefficient (Wildman–Crippen LogP) is 3.72. The molecule has 0 unspecified atom stereocenters. The Morgan fingerprint density at radius 3 is 2.54 bits per heavy atom. The Labute approximate surface area is 162 Å². The maximum absolute atomic E-state index is 13.2. The number of rotatable bonds is 3. The Morgan fingerprint density at radius 1 is 1.14 bits per heavy atom. The summed E-state index contributed by atoms with van der Waals surface area (Å²) in [5.74, 6) is 0.462. The first kappa shape index (κ1) is 17.7. The minimum Gasteiger partial charge on any atom is -0.361 e. The molecule has 0 saturated carbocycles. The van der Waals surface area contributed by atoms with Crippen LogP contribution in [-0.2, 0) is 0 Å². The Bertz CT molecular complexity index is 1340. The Kier molecular flexibility index (Phi) is 4.32. The van der Waals surface area contributed by atoms with E-state index in [1.54, 1.807) is 13.1 Å². The third-order valence-corrected chi connectivity index (χ3v) is 5.07. The second-order valence-corrected chi connectivity index (χ2v) is 7.16. The Morgan fingerprint density at radius 2 is 1.86 bits per heavy atom. The second kappa shape index (κ2) is 6.82. The molecule has 2 heterocycles. The van der Waals surface area contributed by atoms with Crippen LogP contribution in [0.1, 0.15) is 36.5 Å². The summed E-state index contributed by atoms with van der Waals surface area (Å²) in [4.78, 5) is 17.7. The number of pyridine rings is 1. The van der Waals surface area contributed by atoms with Crippen LogP contribution >= 0.6 is 0 Å². The van der Waals surface area contributed by atoms with Crippen LogP contribution in [0.15, 0.2) is 53.3 Å². The van der Waals surface area contributed by atoms with Gasteiger partial charge in [-0.05, 0) is 48.2 Å². The number of hydrogen-bond donors (Lipinski definition) is 1. The third kappa shape index (κ3) is 2.80. The van der Waals surface area contributed by atoms with Gasteiger partial charge in [-0.3, -0.25) is 9.20 Å². The number of imidazole rings is 1. The average molecular weight is 368 g/mol. The van der Waals surface area contributed by atoms with Gasteiger partial charge in [0.1, 0.15) is 6.07 Å². The minimum absolute atomic E-state index is 0.188. The van der Waals surface area contributed by atoms with Gasteiger partial charge in [0.15, 0.2) is 5.65 Å². The van der Waals surface area contributed by atoms with Crippen molar-refractivity contribution in [2.24, 2.45) is 0 Å². The summed E-state index contributed by atoms with van der Waals surface area (Å²) in [6.45, 7) is 6.08. The molecule has 0 saturated heterocycles. The molecule has 0 aliphatic heterocycles. The van der Waals surface area contributed by atoms with E-state index < -0.39 is 0 Å². The standard InChI is InChI=1S/C23H20N4O/c1-14(2)16-8-10-17(11-9-16)25-13-19-15(3)18(12-24)22-26-20-6-4-5-7-21(20)27(22)23(19)28/h4-11,13-14,25H,1-3H3/b19-13+. The highest BCUT2D eigenvalue weighted by Crippen LogP contribution is 2.18. The zero-order valence-corrected chi connectivity index (χ0v) is 16.0. The molecular weight excluding hydrogens is 348 g/mol. The van der Waals surface area contributed by atoms with Crippen molar-refractivity contribution in [3.63, 3.8) is 0 Å². The van der Waals surface area contributed by atoms with Gasteiger partial charge in [-0.2, -0.15) is 5.26 Å². The van der Waals surface area contributed by atoms with E-state index in [0.29, 0.717) is 38.9 Å². The number of nitrogens with one attached hydrogen (secondary N) is 1. The fourth-order valence-corrected chi connectivity index (χ4v) is 3.41. The summed E-state index contributed by atoms with van der Waals surface area (Å²) in [5.41, 5.74) is 4.80. The highest BCUT2D eigenvalue weighted by Gasteiger charge is 2.15. The number of nitrogens with zero attached hydrogens (tertiary/aromatic N) is 3. The fraction of sp³-hybridized carbons (Fsp3) is 0.174. The summed E-state index contributed by atoms with van der Waals surface area (Å²) >= 11 is 0. The average Bonchev–Trinajstić information content (AvgIpc) is 3.08. The van der Waals surface area contributed by atoms with Crippen LogP contribution < -0.4 is 16.1 Å². The maximum atomic E-state index is 13.2. The molecule has 1 N–H and O–H groups in total. The molecule has 4 rings (SSSR count). The number of para-hydroxylation sites is 2. The summed E-state index contributed by atoms with van der Waals surface area (Å²) in [5, 5.41) is 13.3. The van der Waals surface area contributed by atoms with Gasteiger partial charge in [0.25, 0.3) is 5.56 Å². The van der Waals surface area contributed by atoms with Crippen LogP contribution in [0.5, 0.6) is 0 Å². The Hall–Kier alpha value is -3.65. The van der Waals surface area contributed by atoms with Crippen LogP contribution in [0.4, 0.5) is 5.69 Å². The lowest BCUT2D eigenvalue weighted by Gasteiger charge is -2.07. The molecule has 0 fully saturated rings. The lowest BCUT2D eigenvalue weighted by Crippen LogP contribution is -2.34. The van der Waals surface area contributed by atoms with Gasteiger partial charge in [0, 0.05) is 11.9 Å². The molecular formula is C23H20N4O. The van der Waals surface area contributed by atoms with Crippen molar-refractivity contribution in [1.29, 1.82) is 5.26 Å². The normalized spacial score (nSPS) is 12.0. The molecule has 5 heteroatoms. The summed E-state index contributed by atoms with van der Waals surface area (Å²) < 4.78 is 1.52. The van der Waals surface area contributed by atoms with Crippen LogP contribution in [0.3, 0.4) is 0 Å². The number of benzene rings is 2. The van der Waals surface area contributed by atoms with E-state index in [1.807, 2.05) is 36.4 Å².